The van der Waals surface area contributed by atoms with Gasteiger partial charge in [0.25, 0.3) is 0 Å². The topological polar surface area (TPSA) is 71.1 Å². The molecule has 1 spiro atoms. The Labute approximate surface area is 204 Å². The summed E-state index contributed by atoms with van der Waals surface area (Å²) in [6.07, 6.45) is 5.31. The number of ketones is 1. The van der Waals surface area contributed by atoms with Crippen molar-refractivity contribution in [3.8, 4) is 0 Å². The summed E-state index contributed by atoms with van der Waals surface area (Å²) in [4.78, 5) is 26.4. The van der Waals surface area contributed by atoms with Gasteiger partial charge in [-0.3, -0.25) is 9.59 Å². The van der Waals surface area contributed by atoms with Crippen LogP contribution < -0.4 is 0 Å². The number of fused-ring (bicyclic) bond motifs is 8. The molecular weight excluding hydrogens is 448 g/mol. The summed E-state index contributed by atoms with van der Waals surface area (Å²) in [5, 5.41) is 0.172. The van der Waals surface area contributed by atoms with Crippen molar-refractivity contribution in [1.82, 2.24) is 0 Å². The normalized spacial score (nSPS) is 51.7. The molecule has 4 saturated carbocycles. The number of carbonyl (C=O) groups is 2. The van der Waals surface area contributed by atoms with Crippen molar-refractivity contribution in [1.29, 1.82) is 0 Å². The fraction of sp³-hybridized carbons (Fsp3) is 0.926. The predicted octanol–water partition coefficient (Wildman–Crippen LogP) is 4.71. The van der Waals surface area contributed by atoms with E-state index in [0.717, 1.165) is 32.1 Å². The molecule has 2 heterocycles. The second-order valence-electron chi connectivity index (χ2n) is 14.1. The predicted molar refractivity (Wildman–Crippen MR) is 128 cm³/mol. The van der Waals surface area contributed by atoms with Crippen molar-refractivity contribution in [3.63, 3.8) is 0 Å². The van der Waals surface area contributed by atoms with Crippen LogP contribution in [0.3, 0.4) is 0 Å². The molecule has 0 aromatic heterocycles. The molecule has 0 amide bonds. The molecule has 0 aromatic rings. The Bertz CT molecular complexity index is 927. The van der Waals surface area contributed by atoms with Crippen molar-refractivity contribution in [2.45, 2.75) is 102 Å². The van der Waals surface area contributed by atoms with Crippen LogP contribution in [-0.4, -0.2) is 51.8 Å². The summed E-state index contributed by atoms with van der Waals surface area (Å²) in [6, 6.07) is 0. The summed E-state index contributed by atoms with van der Waals surface area (Å²) in [6.45, 7) is 14.3. The molecule has 0 aromatic carbocycles. The molecular formula is C27H42O6Si. The fourth-order valence-corrected chi connectivity index (χ4v) is 10.7. The molecule has 0 unspecified atom stereocenters. The lowest BCUT2D eigenvalue weighted by atomic mass is 9.44. The van der Waals surface area contributed by atoms with Gasteiger partial charge in [0, 0.05) is 48.2 Å². The van der Waals surface area contributed by atoms with E-state index in [-0.39, 0.29) is 52.3 Å². The first-order valence-electron chi connectivity index (χ1n) is 13.4. The monoisotopic (exact) mass is 490 g/mol. The summed E-state index contributed by atoms with van der Waals surface area (Å²) >= 11 is 0. The Kier molecular flexibility index (Phi) is 4.83. The van der Waals surface area contributed by atoms with Gasteiger partial charge in [-0.15, -0.1) is 0 Å². The Balaban J connectivity index is 1.36. The maximum absolute atomic E-state index is 13.5. The highest BCUT2D eigenvalue weighted by atomic mass is 28.4. The number of carbonyl (C=O) groups excluding carboxylic acids is 2. The molecule has 0 N–H and O–H groups in total. The third kappa shape index (κ3) is 2.68. The Morgan fingerprint density at radius 3 is 2.50 bits per heavy atom. The van der Waals surface area contributed by atoms with Gasteiger partial charge in [0.2, 0.25) is 0 Å². The number of hydrogen-bond donors (Lipinski definition) is 0. The summed E-state index contributed by atoms with van der Waals surface area (Å²) in [5.74, 6) is -0.386. The highest BCUT2D eigenvalue weighted by Crippen LogP contribution is 2.75. The summed E-state index contributed by atoms with van der Waals surface area (Å²) in [5.41, 5.74) is -0.601. The van der Waals surface area contributed by atoms with Gasteiger partial charge in [-0.05, 0) is 56.2 Å². The molecule has 6 nitrogen and oxygen atoms in total. The zero-order valence-corrected chi connectivity index (χ0v) is 22.9. The zero-order valence-electron chi connectivity index (χ0n) is 21.9. The van der Waals surface area contributed by atoms with Crippen LogP contribution in [0.5, 0.6) is 0 Å². The van der Waals surface area contributed by atoms with Crippen LogP contribution in [0.2, 0.25) is 18.1 Å². The Hall–Kier alpha value is -0.763. The number of esters is 1. The smallest absolute Gasteiger partial charge is 0.310 e. The molecule has 4 aliphatic carbocycles. The van der Waals surface area contributed by atoms with Gasteiger partial charge in [0.05, 0.1) is 18.6 Å². The molecule has 2 saturated heterocycles. The van der Waals surface area contributed by atoms with Gasteiger partial charge < -0.3 is 18.6 Å². The number of methoxy groups -OCH3 is 1. The fourth-order valence-electron chi connectivity index (χ4n) is 9.32. The van der Waals surface area contributed by atoms with E-state index in [1.54, 1.807) is 7.11 Å². The minimum absolute atomic E-state index is 0.0554. The third-order valence-corrected chi connectivity index (χ3v) is 16.3. The van der Waals surface area contributed by atoms with Crippen molar-refractivity contribution in [2.24, 2.45) is 40.4 Å². The highest BCUT2D eigenvalue weighted by molar-refractivity contribution is 6.74. The first-order valence-corrected chi connectivity index (χ1v) is 16.3. The maximum Gasteiger partial charge on any atom is 0.310 e. The van der Waals surface area contributed by atoms with Crippen LogP contribution in [0.1, 0.15) is 66.2 Å². The largest absolute Gasteiger partial charge is 0.465 e. The molecule has 6 aliphatic rings. The van der Waals surface area contributed by atoms with Crippen LogP contribution in [-0.2, 0) is 28.2 Å². The minimum atomic E-state index is -1.88. The van der Waals surface area contributed by atoms with Gasteiger partial charge in [0.15, 0.2) is 14.1 Å². The zero-order chi connectivity index (χ0) is 24.5. The molecule has 0 radical (unpaired) electrons. The van der Waals surface area contributed by atoms with Gasteiger partial charge in [-0.1, -0.05) is 27.7 Å². The maximum atomic E-state index is 13.5. The molecule has 2 bridgehead atoms. The van der Waals surface area contributed by atoms with Crippen molar-refractivity contribution in [3.05, 3.63) is 0 Å². The van der Waals surface area contributed by atoms with Gasteiger partial charge in [-0.2, -0.15) is 0 Å². The van der Waals surface area contributed by atoms with E-state index in [9.17, 15) is 9.59 Å². The van der Waals surface area contributed by atoms with Crippen LogP contribution in [0.25, 0.3) is 0 Å². The second kappa shape index (κ2) is 6.96. The van der Waals surface area contributed by atoms with E-state index in [4.69, 9.17) is 18.6 Å². The quantitative estimate of drug-likeness (QED) is 0.421. The average Bonchev–Trinajstić information content (AvgIpc) is 3.44. The van der Waals surface area contributed by atoms with E-state index < -0.39 is 19.5 Å². The summed E-state index contributed by atoms with van der Waals surface area (Å²) < 4.78 is 25.8. The molecule has 6 rings (SSSR count). The van der Waals surface area contributed by atoms with Gasteiger partial charge in [0.1, 0.15) is 5.78 Å². The molecule has 7 heteroatoms. The lowest BCUT2D eigenvalue weighted by Crippen LogP contribution is -2.61. The first-order chi connectivity index (χ1) is 15.8. The summed E-state index contributed by atoms with van der Waals surface area (Å²) in [7, 11) is -0.147. The molecule has 34 heavy (non-hydrogen) atoms. The van der Waals surface area contributed by atoms with Crippen LogP contribution >= 0.6 is 0 Å². The van der Waals surface area contributed by atoms with E-state index in [0.29, 0.717) is 24.7 Å². The Morgan fingerprint density at radius 1 is 1.09 bits per heavy atom. The number of cyclic esters (lactones) is 1. The standard InChI is InChI=1S/C27H42O6Si/c1-24(2,3)34(6,7)33-17-8-9-26-14-31-23(29)22(26)25(4)20(13-15(26)10-17)32-27(30-5)16-11-18(21(25)27)19(28)12-16/h15-18,20-22H,8-14H2,1-7H3/t15-,16+,17+,18-,20-,21-,22+,25+,26-,27-/m1/s1. The van der Waals surface area contributed by atoms with Gasteiger partial charge in [-0.25, -0.2) is 0 Å². The lowest BCUT2D eigenvalue weighted by molar-refractivity contribution is -0.255. The SMILES string of the molecule is CO[C@]12O[C@@H]3C[C@H]4C[C@@H](O[Si](C)(C)C(C)(C)C)CC[C@@]45COC(=O)[C@H]5[C@]3(C)[C@H]1[C@@H]1C[C@H]2CC1=O. The third-order valence-electron chi connectivity index (χ3n) is 11.8. The average molecular weight is 491 g/mol. The highest BCUT2D eigenvalue weighted by Gasteiger charge is 2.81. The van der Waals surface area contributed by atoms with E-state index in [2.05, 4.69) is 40.8 Å². The van der Waals surface area contributed by atoms with E-state index in [1.807, 2.05) is 0 Å². The number of hydrogen-bond acceptors (Lipinski definition) is 6. The van der Waals surface area contributed by atoms with E-state index in [1.165, 1.54) is 0 Å². The number of ether oxygens (including phenoxy) is 3. The first kappa shape index (κ1) is 23.6. The van der Waals surface area contributed by atoms with Crippen LogP contribution in [0.15, 0.2) is 0 Å². The molecule has 10 atom stereocenters. The van der Waals surface area contributed by atoms with Crippen molar-refractivity contribution >= 4 is 20.1 Å². The van der Waals surface area contributed by atoms with E-state index >= 15 is 0 Å². The second-order valence-corrected chi connectivity index (χ2v) is 18.8. The van der Waals surface area contributed by atoms with Gasteiger partial charge >= 0.3 is 5.97 Å². The van der Waals surface area contributed by atoms with Crippen molar-refractivity contribution in [2.75, 3.05) is 13.7 Å². The number of Topliss-reactive ketones (excluding diaryl/α,β-unsaturated/α-hetero) is 1. The molecule has 2 aliphatic heterocycles. The Morgan fingerprint density at radius 2 is 1.82 bits per heavy atom. The lowest BCUT2D eigenvalue weighted by Gasteiger charge is -2.57. The molecule has 6 fully saturated rings. The number of rotatable bonds is 3. The van der Waals surface area contributed by atoms with Crippen LogP contribution in [0, 0.1) is 40.4 Å². The van der Waals surface area contributed by atoms with Crippen LogP contribution in [0.4, 0.5) is 0 Å². The van der Waals surface area contributed by atoms with Crippen molar-refractivity contribution < 1.29 is 28.2 Å². The minimum Gasteiger partial charge on any atom is -0.465 e. The molecule has 190 valence electrons.